The molecule has 0 saturated heterocycles. The Hall–Kier alpha value is -2.32. The lowest BCUT2D eigenvalue weighted by molar-refractivity contribution is -0.127. The number of likely N-dealkylation sites (N-methyl/N-ethyl adjacent to an activating group) is 1. The van der Waals surface area contributed by atoms with E-state index in [1.807, 2.05) is 40.0 Å². The molecule has 1 heterocycles. The minimum atomic E-state index is -0.626. The molecule has 0 bridgehead atoms. The maximum absolute atomic E-state index is 12.4. The van der Waals surface area contributed by atoms with Crippen molar-refractivity contribution in [2.75, 3.05) is 34.4 Å². The van der Waals surface area contributed by atoms with Crippen LogP contribution in [0.5, 0.6) is 11.5 Å². The number of ether oxygens (including phenoxy) is 2. The van der Waals surface area contributed by atoms with Crippen LogP contribution in [0.1, 0.15) is 37.9 Å². The molecule has 29 heavy (non-hydrogen) atoms. The van der Waals surface area contributed by atoms with Gasteiger partial charge in [0.15, 0.2) is 11.5 Å². The lowest BCUT2D eigenvalue weighted by Gasteiger charge is -2.39. The molecule has 1 aliphatic heterocycles. The molecule has 1 aliphatic rings. The molecule has 2 amide bonds. The summed E-state index contributed by atoms with van der Waals surface area (Å²) >= 11 is 0. The maximum atomic E-state index is 12.4. The zero-order valence-electron chi connectivity index (χ0n) is 18.2. The Kier molecular flexibility index (Phi) is 7.87. The van der Waals surface area contributed by atoms with Crippen molar-refractivity contribution in [3.8, 4) is 11.5 Å². The van der Waals surface area contributed by atoms with E-state index >= 15 is 0 Å². The van der Waals surface area contributed by atoms with Crippen molar-refractivity contribution in [3.63, 3.8) is 0 Å². The summed E-state index contributed by atoms with van der Waals surface area (Å²) in [6.45, 7) is 6.47. The summed E-state index contributed by atoms with van der Waals surface area (Å²) in [6, 6.07) is 3.19. The van der Waals surface area contributed by atoms with E-state index in [1.54, 1.807) is 14.2 Å². The fourth-order valence-corrected chi connectivity index (χ4v) is 3.72. The van der Waals surface area contributed by atoms with E-state index in [1.165, 1.54) is 5.56 Å². The first-order valence-electron chi connectivity index (χ1n) is 9.97. The molecule has 0 radical (unpaired) electrons. The number of benzene rings is 1. The number of nitrogens with two attached hydrogens (primary N) is 1. The van der Waals surface area contributed by atoms with Gasteiger partial charge in [0.1, 0.15) is 0 Å². The molecule has 8 nitrogen and oxygen atoms in total. The van der Waals surface area contributed by atoms with Gasteiger partial charge in [0.2, 0.25) is 11.8 Å². The van der Waals surface area contributed by atoms with Crippen molar-refractivity contribution in [3.05, 3.63) is 23.3 Å². The van der Waals surface area contributed by atoms with Crippen LogP contribution >= 0.6 is 0 Å². The molecule has 0 saturated carbocycles. The van der Waals surface area contributed by atoms with Gasteiger partial charge in [0.05, 0.1) is 32.8 Å². The molecule has 162 valence electrons. The van der Waals surface area contributed by atoms with Crippen molar-refractivity contribution in [1.82, 2.24) is 15.5 Å². The molecule has 0 spiro atoms. The van der Waals surface area contributed by atoms with Gasteiger partial charge < -0.3 is 25.8 Å². The third-order valence-corrected chi connectivity index (χ3v) is 5.48. The second-order valence-electron chi connectivity index (χ2n) is 7.93. The van der Waals surface area contributed by atoms with Crippen LogP contribution < -0.4 is 25.8 Å². The second kappa shape index (κ2) is 9.93. The predicted octanol–water partition coefficient (Wildman–Crippen LogP) is 0.837. The average molecular weight is 407 g/mol. The standard InChI is InChI=1S/C21H34N4O4/c1-12(2)19(22)21(27)23-11-18(26)24-13(3)20-15-10-17(29-6)16(28-5)9-14(15)7-8-25(20)4/h9-10,12-13,19-20H,7-8,11,22H2,1-6H3,(H,23,27)(H,24,26). The number of fused-ring (bicyclic) bond motifs is 1. The van der Waals surface area contributed by atoms with Crippen LogP contribution in [-0.4, -0.2) is 63.2 Å². The van der Waals surface area contributed by atoms with Crippen LogP contribution in [0.15, 0.2) is 12.1 Å². The maximum Gasteiger partial charge on any atom is 0.239 e. The van der Waals surface area contributed by atoms with Crippen LogP contribution in [0, 0.1) is 5.92 Å². The summed E-state index contributed by atoms with van der Waals surface area (Å²) in [5.41, 5.74) is 8.10. The Bertz CT molecular complexity index is 738. The molecule has 0 aromatic heterocycles. The predicted molar refractivity (Wildman–Crippen MR) is 112 cm³/mol. The third kappa shape index (κ3) is 5.39. The van der Waals surface area contributed by atoms with E-state index in [0.29, 0.717) is 11.5 Å². The van der Waals surface area contributed by atoms with Crippen LogP contribution in [-0.2, 0) is 16.0 Å². The largest absolute Gasteiger partial charge is 0.493 e. The summed E-state index contributed by atoms with van der Waals surface area (Å²) < 4.78 is 10.9. The van der Waals surface area contributed by atoms with Crippen molar-refractivity contribution < 1.29 is 19.1 Å². The highest BCUT2D eigenvalue weighted by atomic mass is 16.5. The molecular weight excluding hydrogens is 372 g/mol. The Balaban J connectivity index is 2.10. The van der Waals surface area contributed by atoms with Gasteiger partial charge in [-0.3, -0.25) is 14.5 Å². The van der Waals surface area contributed by atoms with Crippen molar-refractivity contribution in [2.24, 2.45) is 11.7 Å². The summed E-state index contributed by atoms with van der Waals surface area (Å²) in [7, 11) is 5.27. The van der Waals surface area contributed by atoms with Gasteiger partial charge >= 0.3 is 0 Å². The quantitative estimate of drug-likeness (QED) is 0.591. The lowest BCUT2D eigenvalue weighted by atomic mass is 9.88. The number of hydrogen-bond donors (Lipinski definition) is 3. The van der Waals surface area contributed by atoms with Gasteiger partial charge in [-0.25, -0.2) is 0 Å². The number of carbonyl (C=O) groups is 2. The minimum Gasteiger partial charge on any atom is -0.493 e. The first-order valence-corrected chi connectivity index (χ1v) is 9.97. The molecule has 4 N–H and O–H groups in total. The zero-order valence-corrected chi connectivity index (χ0v) is 18.2. The van der Waals surface area contributed by atoms with Gasteiger partial charge in [0.25, 0.3) is 0 Å². The highest BCUT2D eigenvalue weighted by Gasteiger charge is 2.31. The zero-order chi connectivity index (χ0) is 21.7. The normalized spacial score (nSPS) is 18.6. The van der Waals surface area contributed by atoms with E-state index in [-0.39, 0.29) is 36.4 Å². The fourth-order valence-electron chi connectivity index (χ4n) is 3.72. The topological polar surface area (TPSA) is 106 Å². The van der Waals surface area contributed by atoms with Crippen molar-refractivity contribution in [1.29, 1.82) is 0 Å². The number of carbonyl (C=O) groups excluding carboxylic acids is 2. The van der Waals surface area contributed by atoms with Gasteiger partial charge in [-0.2, -0.15) is 0 Å². The highest BCUT2D eigenvalue weighted by molar-refractivity contribution is 5.87. The molecule has 2 rings (SSSR count). The van der Waals surface area contributed by atoms with E-state index in [9.17, 15) is 9.59 Å². The highest BCUT2D eigenvalue weighted by Crippen LogP contribution is 2.38. The van der Waals surface area contributed by atoms with Crippen molar-refractivity contribution >= 4 is 11.8 Å². The number of nitrogens with one attached hydrogen (secondary N) is 2. The molecule has 1 aromatic rings. The molecule has 8 heteroatoms. The van der Waals surface area contributed by atoms with Gasteiger partial charge in [-0.05, 0) is 49.6 Å². The minimum absolute atomic E-state index is 0.0105. The average Bonchev–Trinajstić information content (AvgIpc) is 2.69. The molecule has 0 aliphatic carbocycles. The summed E-state index contributed by atoms with van der Waals surface area (Å²) in [4.78, 5) is 26.6. The summed E-state index contributed by atoms with van der Waals surface area (Å²) in [6.07, 6.45) is 0.895. The van der Waals surface area contributed by atoms with Crippen LogP contribution in [0.25, 0.3) is 0 Å². The van der Waals surface area contributed by atoms with E-state index in [2.05, 4.69) is 15.5 Å². The third-order valence-electron chi connectivity index (χ3n) is 5.48. The lowest BCUT2D eigenvalue weighted by Crippen LogP contribution is -2.50. The summed E-state index contributed by atoms with van der Waals surface area (Å²) in [5, 5.41) is 5.61. The molecular formula is C21H34N4O4. The Morgan fingerprint density at radius 1 is 1.21 bits per heavy atom. The Morgan fingerprint density at radius 2 is 1.83 bits per heavy atom. The Labute approximate surface area is 173 Å². The number of methoxy groups -OCH3 is 2. The van der Waals surface area contributed by atoms with Gasteiger partial charge in [-0.1, -0.05) is 13.8 Å². The number of hydrogen-bond acceptors (Lipinski definition) is 6. The van der Waals surface area contributed by atoms with Crippen LogP contribution in [0.3, 0.4) is 0 Å². The van der Waals surface area contributed by atoms with Crippen LogP contribution in [0.4, 0.5) is 0 Å². The van der Waals surface area contributed by atoms with Gasteiger partial charge in [-0.15, -0.1) is 0 Å². The van der Waals surface area contributed by atoms with Gasteiger partial charge in [0, 0.05) is 12.6 Å². The first-order chi connectivity index (χ1) is 13.7. The number of nitrogens with zero attached hydrogens (tertiary/aromatic N) is 1. The monoisotopic (exact) mass is 406 g/mol. The first kappa shape index (κ1) is 23.0. The SMILES string of the molecule is COc1cc2c(cc1OC)C(C(C)NC(=O)CNC(=O)C(N)C(C)C)N(C)CC2. The van der Waals surface area contributed by atoms with E-state index in [4.69, 9.17) is 15.2 Å². The number of rotatable bonds is 8. The smallest absolute Gasteiger partial charge is 0.239 e. The van der Waals surface area contributed by atoms with E-state index < -0.39 is 6.04 Å². The molecule has 1 aromatic carbocycles. The molecule has 3 atom stereocenters. The molecule has 3 unspecified atom stereocenters. The number of amides is 2. The van der Waals surface area contributed by atoms with Crippen LogP contribution in [0.2, 0.25) is 0 Å². The summed E-state index contributed by atoms with van der Waals surface area (Å²) in [5.74, 6) is 0.814. The second-order valence-corrected chi connectivity index (χ2v) is 7.93. The van der Waals surface area contributed by atoms with E-state index in [0.717, 1.165) is 18.5 Å². The Morgan fingerprint density at radius 3 is 2.41 bits per heavy atom. The fraction of sp³-hybridized carbons (Fsp3) is 0.619. The van der Waals surface area contributed by atoms with Crippen molar-refractivity contribution in [2.45, 2.75) is 45.3 Å². The molecule has 0 fully saturated rings.